The van der Waals surface area contributed by atoms with Crippen molar-refractivity contribution in [3.8, 4) is 0 Å². The highest BCUT2D eigenvalue weighted by atomic mass is 35.5. The fourth-order valence-corrected chi connectivity index (χ4v) is 2.06. The van der Waals surface area contributed by atoms with Crippen molar-refractivity contribution >= 4 is 23.4 Å². The topological polar surface area (TPSA) is 58.6 Å². The molecule has 0 saturated heterocycles. The average Bonchev–Trinajstić information content (AvgIpc) is 2.33. The van der Waals surface area contributed by atoms with Gasteiger partial charge in [0.1, 0.15) is 5.69 Å². The molecule has 0 radical (unpaired) electrons. The summed E-state index contributed by atoms with van der Waals surface area (Å²) in [6.45, 7) is 1.62. The Morgan fingerprint density at radius 3 is 2.65 bits per heavy atom. The number of aromatic amines is 1. The fraction of sp³-hybridized carbons (Fsp3) is 0.182. The van der Waals surface area contributed by atoms with E-state index in [4.69, 9.17) is 11.6 Å². The molecule has 6 heteroatoms. The van der Waals surface area contributed by atoms with Gasteiger partial charge in [-0.3, -0.25) is 9.78 Å². The van der Waals surface area contributed by atoms with Gasteiger partial charge >= 0.3 is 0 Å². The Hall–Kier alpha value is -1.33. The molecule has 0 aliphatic heterocycles. The second kappa shape index (κ2) is 5.33. The molecule has 1 aromatic carbocycles. The van der Waals surface area contributed by atoms with E-state index >= 15 is 0 Å². The first-order valence-electron chi connectivity index (χ1n) is 4.96. The Morgan fingerprint density at radius 1 is 1.29 bits per heavy atom. The minimum atomic E-state index is -0.196. The predicted molar refractivity (Wildman–Crippen MR) is 68.4 cm³/mol. The summed E-state index contributed by atoms with van der Waals surface area (Å²) in [6.07, 6.45) is 0. The third-order valence-corrected chi connectivity index (χ3v) is 3.32. The highest BCUT2D eigenvalue weighted by Crippen LogP contribution is 2.19. The zero-order chi connectivity index (χ0) is 12.3. The molecule has 0 aliphatic rings. The molecule has 88 valence electrons. The van der Waals surface area contributed by atoms with Crippen LogP contribution < -0.4 is 5.56 Å². The molecule has 4 nitrogen and oxygen atoms in total. The number of hydrogen-bond donors (Lipinski definition) is 1. The van der Waals surface area contributed by atoms with Crippen molar-refractivity contribution in [2.24, 2.45) is 0 Å². The summed E-state index contributed by atoms with van der Waals surface area (Å²) in [5.74, 6) is 0.713. The molecular weight excluding hydrogens is 258 g/mol. The lowest BCUT2D eigenvalue weighted by molar-refractivity contribution is 0.790. The smallest absolute Gasteiger partial charge is 0.273 e. The van der Waals surface area contributed by atoms with Crippen molar-refractivity contribution in [2.45, 2.75) is 17.8 Å². The van der Waals surface area contributed by atoms with Crippen LogP contribution in [0.1, 0.15) is 11.3 Å². The van der Waals surface area contributed by atoms with Crippen LogP contribution in [0.25, 0.3) is 0 Å². The Morgan fingerprint density at radius 2 is 2.00 bits per heavy atom. The lowest BCUT2D eigenvalue weighted by atomic mass is 10.2. The Balaban J connectivity index is 2.04. The monoisotopic (exact) mass is 267 g/mol. The van der Waals surface area contributed by atoms with Gasteiger partial charge in [-0.25, -0.2) is 0 Å². The molecule has 2 rings (SSSR count). The SMILES string of the molecule is Cc1nnc(SCc2ccc(Cl)cc2)[nH]c1=O. The first kappa shape index (κ1) is 12.1. The summed E-state index contributed by atoms with van der Waals surface area (Å²) in [7, 11) is 0. The molecule has 17 heavy (non-hydrogen) atoms. The standard InChI is InChI=1S/C11H10ClN3OS/c1-7-10(16)13-11(15-14-7)17-6-8-2-4-9(12)5-3-8/h2-5H,6H2,1H3,(H,13,15,16). The zero-order valence-electron chi connectivity index (χ0n) is 9.11. The minimum Gasteiger partial charge on any atom is -0.298 e. The molecule has 0 fully saturated rings. The van der Waals surface area contributed by atoms with Crippen LogP contribution in [-0.4, -0.2) is 15.2 Å². The zero-order valence-corrected chi connectivity index (χ0v) is 10.7. The van der Waals surface area contributed by atoms with Gasteiger partial charge in [-0.05, 0) is 24.6 Å². The second-order valence-corrected chi connectivity index (χ2v) is 4.86. The van der Waals surface area contributed by atoms with E-state index in [0.29, 0.717) is 21.6 Å². The van der Waals surface area contributed by atoms with Gasteiger partial charge in [-0.15, -0.1) is 10.2 Å². The normalized spacial score (nSPS) is 10.5. The van der Waals surface area contributed by atoms with Crippen molar-refractivity contribution in [1.82, 2.24) is 15.2 Å². The summed E-state index contributed by atoms with van der Waals surface area (Å²) in [4.78, 5) is 14.0. The summed E-state index contributed by atoms with van der Waals surface area (Å²) in [5, 5.41) is 8.91. The average molecular weight is 268 g/mol. The highest BCUT2D eigenvalue weighted by Gasteiger charge is 2.01. The van der Waals surface area contributed by atoms with Crippen molar-refractivity contribution in [1.29, 1.82) is 0 Å². The van der Waals surface area contributed by atoms with E-state index in [0.717, 1.165) is 5.56 Å². The second-order valence-electron chi connectivity index (χ2n) is 3.46. The lowest BCUT2D eigenvalue weighted by Gasteiger charge is -2.01. The Bertz CT molecular complexity index is 568. The fourth-order valence-electron chi connectivity index (χ4n) is 1.18. The number of aromatic nitrogens is 3. The number of benzene rings is 1. The molecule has 1 aromatic heterocycles. The summed E-state index contributed by atoms with van der Waals surface area (Å²) in [5.41, 5.74) is 1.29. The highest BCUT2D eigenvalue weighted by molar-refractivity contribution is 7.98. The molecular formula is C11H10ClN3OS. The van der Waals surface area contributed by atoms with Crippen molar-refractivity contribution in [2.75, 3.05) is 0 Å². The van der Waals surface area contributed by atoms with Crippen molar-refractivity contribution in [3.05, 3.63) is 50.9 Å². The molecule has 2 aromatic rings. The molecule has 0 spiro atoms. The van der Waals surface area contributed by atoms with Gasteiger partial charge < -0.3 is 0 Å². The molecule has 0 aliphatic carbocycles. The lowest BCUT2D eigenvalue weighted by Crippen LogP contribution is -2.14. The van der Waals surface area contributed by atoms with Crippen LogP contribution in [0.3, 0.4) is 0 Å². The largest absolute Gasteiger partial charge is 0.298 e. The number of aryl methyl sites for hydroxylation is 1. The molecule has 0 amide bonds. The first-order chi connectivity index (χ1) is 8.15. The van der Waals surface area contributed by atoms with Gasteiger partial charge in [0.15, 0.2) is 5.16 Å². The van der Waals surface area contributed by atoms with Crippen molar-refractivity contribution < 1.29 is 0 Å². The molecule has 0 bridgehead atoms. The number of thioether (sulfide) groups is 1. The number of halogens is 1. The maximum absolute atomic E-state index is 11.3. The summed E-state index contributed by atoms with van der Waals surface area (Å²) < 4.78 is 0. The van der Waals surface area contributed by atoms with Crippen LogP contribution in [0.15, 0.2) is 34.2 Å². The van der Waals surface area contributed by atoms with Gasteiger partial charge in [0, 0.05) is 10.8 Å². The number of hydrogen-bond acceptors (Lipinski definition) is 4. The van der Waals surface area contributed by atoms with E-state index < -0.39 is 0 Å². The van der Waals surface area contributed by atoms with E-state index in [1.807, 2.05) is 24.3 Å². The van der Waals surface area contributed by atoms with Gasteiger partial charge in [0.25, 0.3) is 5.56 Å². The summed E-state index contributed by atoms with van der Waals surface area (Å²) in [6, 6.07) is 7.55. The molecule has 0 unspecified atom stereocenters. The third kappa shape index (κ3) is 3.31. The van der Waals surface area contributed by atoms with E-state index in [1.54, 1.807) is 6.92 Å². The molecule has 0 saturated carbocycles. The van der Waals surface area contributed by atoms with E-state index in [2.05, 4.69) is 15.2 Å². The maximum Gasteiger partial charge on any atom is 0.273 e. The van der Waals surface area contributed by atoms with Gasteiger partial charge in [0.05, 0.1) is 0 Å². The van der Waals surface area contributed by atoms with Crippen LogP contribution in [0.4, 0.5) is 0 Å². The number of rotatable bonds is 3. The number of H-pyrrole nitrogens is 1. The van der Waals surface area contributed by atoms with Crippen LogP contribution in [0.2, 0.25) is 5.02 Å². The van der Waals surface area contributed by atoms with E-state index in [1.165, 1.54) is 11.8 Å². The Kier molecular flexibility index (Phi) is 3.81. The summed E-state index contributed by atoms with van der Waals surface area (Å²) >= 11 is 7.22. The van der Waals surface area contributed by atoms with E-state index in [9.17, 15) is 4.79 Å². The van der Waals surface area contributed by atoms with Crippen molar-refractivity contribution in [3.63, 3.8) is 0 Å². The number of nitrogens with one attached hydrogen (secondary N) is 1. The van der Waals surface area contributed by atoms with Crippen LogP contribution in [-0.2, 0) is 5.75 Å². The minimum absolute atomic E-state index is 0.196. The molecule has 0 atom stereocenters. The third-order valence-electron chi connectivity index (χ3n) is 2.13. The van der Waals surface area contributed by atoms with Gasteiger partial charge in [0.2, 0.25) is 0 Å². The maximum atomic E-state index is 11.3. The van der Waals surface area contributed by atoms with Crippen LogP contribution in [0, 0.1) is 6.92 Å². The molecule has 1 heterocycles. The van der Waals surface area contributed by atoms with Crippen LogP contribution >= 0.6 is 23.4 Å². The van der Waals surface area contributed by atoms with E-state index in [-0.39, 0.29) is 5.56 Å². The quantitative estimate of drug-likeness (QED) is 0.868. The first-order valence-corrected chi connectivity index (χ1v) is 6.32. The van der Waals surface area contributed by atoms with Gasteiger partial charge in [-0.2, -0.15) is 0 Å². The predicted octanol–water partition coefficient (Wildman–Crippen LogP) is 2.42. The Labute approximate surface area is 107 Å². The van der Waals surface area contributed by atoms with Gasteiger partial charge in [-0.1, -0.05) is 35.5 Å². The van der Waals surface area contributed by atoms with Crippen LogP contribution in [0.5, 0.6) is 0 Å². The number of nitrogens with zero attached hydrogens (tertiary/aromatic N) is 2. The molecule has 1 N–H and O–H groups in total.